The molecular weight excluding hydrogens is 544 g/mol. The van der Waals surface area contributed by atoms with E-state index in [1.165, 1.54) is 0 Å². The SMILES string of the molecule is CCOC(=O)CN(Cc1cc(=O)[nH]c(=O)n1CC(=O)OC(C)(C)C)NC(=O)OCC1c2ccccc2-c2ccccc21. The van der Waals surface area contributed by atoms with Gasteiger partial charge >= 0.3 is 23.7 Å². The van der Waals surface area contributed by atoms with Crippen molar-refractivity contribution >= 4 is 18.0 Å². The van der Waals surface area contributed by atoms with Gasteiger partial charge in [-0.2, -0.15) is 0 Å². The van der Waals surface area contributed by atoms with Crippen LogP contribution >= 0.6 is 0 Å². The Kier molecular flexibility index (Phi) is 9.26. The second kappa shape index (κ2) is 12.9. The van der Waals surface area contributed by atoms with Gasteiger partial charge in [-0.05, 0) is 49.9 Å². The first-order valence-corrected chi connectivity index (χ1v) is 13.5. The number of H-pyrrole nitrogens is 1. The quantitative estimate of drug-likeness (QED) is 0.210. The zero-order valence-electron chi connectivity index (χ0n) is 24.0. The first kappa shape index (κ1) is 30.3. The average Bonchev–Trinajstić information content (AvgIpc) is 3.22. The maximum Gasteiger partial charge on any atom is 0.421 e. The van der Waals surface area contributed by atoms with Crippen LogP contribution in [0.2, 0.25) is 0 Å². The van der Waals surface area contributed by atoms with Crippen molar-refractivity contribution in [3.63, 3.8) is 0 Å². The fourth-order valence-corrected chi connectivity index (χ4v) is 4.83. The molecule has 12 heteroatoms. The summed E-state index contributed by atoms with van der Waals surface area (Å²) >= 11 is 0. The van der Waals surface area contributed by atoms with Crippen LogP contribution in [0.5, 0.6) is 0 Å². The summed E-state index contributed by atoms with van der Waals surface area (Å²) in [5.41, 5.74) is 4.41. The zero-order valence-corrected chi connectivity index (χ0v) is 24.0. The third-order valence-electron chi connectivity index (χ3n) is 6.40. The number of ether oxygens (including phenoxy) is 3. The van der Waals surface area contributed by atoms with Crippen molar-refractivity contribution in [2.45, 2.75) is 52.3 Å². The van der Waals surface area contributed by atoms with Crippen molar-refractivity contribution in [1.29, 1.82) is 0 Å². The van der Waals surface area contributed by atoms with Crippen LogP contribution in [0.4, 0.5) is 4.79 Å². The summed E-state index contributed by atoms with van der Waals surface area (Å²) in [6.07, 6.45) is -0.855. The van der Waals surface area contributed by atoms with Crippen LogP contribution in [0.25, 0.3) is 11.1 Å². The molecule has 4 rings (SSSR count). The fraction of sp³-hybridized carbons (Fsp3) is 0.367. The Morgan fingerprint density at radius 2 is 1.57 bits per heavy atom. The Labute approximate surface area is 242 Å². The van der Waals surface area contributed by atoms with E-state index in [1.54, 1.807) is 27.7 Å². The Morgan fingerprint density at radius 3 is 2.17 bits per heavy atom. The molecule has 1 amide bonds. The normalized spacial score (nSPS) is 12.4. The lowest BCUT2D eigenvalue weighted by molar-refractivity contribution is -0.155. The molecule has 0 aliphatic heterocycles. The van der Waals surface area contributed by atoms with E-state index >= 15 is 0 Å². The van der Waals surface area contributed by atoms with Gasteiger partial charge in [0.1, 0.15) is 25.3 Å². The summed E-state index contributed by atoms with van der Waals surface area (Å²) in [5, 5.41) is 1.15. The van der Waals surface area contributed by atoms with Gasteiger partial charge in [0, 0.05) is 17.7 Å². The molecule has 1 aliphatic rings. The van der Waals surface area contributed by atoms with Crippen LogP contribution in [0.3, 0.4) is 0 Å². The van der Waals surface area contributed by atoms with E-state index in [9.17, 15) is 24.0 Å². The molecule has 3 aromatic rings. The van der Waals surface area contributed by atoms with E-state index in [0.717, 1.165) is 37.9 Å². The average molecular weight is 579 g/mol. The number of nitrogens with one attached hydrogen (secondary N) is 2. The number of benzene rings is 2. The number of fused-ring (bicyclic) bond motifs is 3. The summed E-state index contributed by atoms with van der Waals surface area (Å²) in [6.45, 7) is 5.59. The predicted octanol–water partition coefficient (Wildman–Crippen LogP) is 2.70. The Bertz CT molecular complexity index is 1540. The van der Waals surface area contributed by atoms with Gasteiger partial charge in [0.05, 0.1) is 13.2 Å². The molecule has 0 bridgehead atoms. The number of carbonyl (C=O) groups excluding carboxylic acids is 3. The summed E-state index contributed by atoms with van der Waals surface area (Å²) in [7, 11) is 0. The smallest absolute Gasteiger partial charge is 0.421 e. The molecule has 1 aromatic heterocycles. The number of hydrogen-bond acceptors (Lipinski definition) is 9. The van der Waals surface area contributed by atoms with Gasteiger partial charge in [-0.3, -0.25) is 29.4 Å². The second-order valence-electron chi connectivity index (χ2n) is 10.7. The highest BCUT2D eigenvalue weighted by atomic mass is 16.6. The van der Waals surface area contributed by atoms with Gasteiger partial charge in [0.2, 0.25) is 0 Å². The number of hydrazine groups is 1. The van der Waals surface area contributed by atoms with Crippen molar-refractivity contribution in [2.75, 3.05) is 19.8 Å². The lowest BCUT2D eigenvalue weighted by Crippen LogP contribution is -2.47. The number of aromatic nitrogens is 2. The summed E-state index contributed by atoms with van der Waals surface area (Å²) in [4.78, 5) is 64.7. The third kappa shape index (κ3) is 7.52. The summed E-state index contributed by atoms with van der Waals surface area (Å²) in [5.74, 6) is -1.56. The molecule has 2 N–H and O–H groups in total. The molecule has 0 unspecified atom stereocenters. The van der Waals surface area contributed by atoms with Crippen molar-refractivity contribution in [2.24, 2.45) is 0 Å². The van der Waals surface area contributed by atoms with Crippen molar-refractivity contribution in [3.8, 4) is 11.1 Å². The molecule has 0 saturated heterocycles. The number of esters is 2. The molecule has 0 saturated carbocycles. The number of hydrogen-bond donors (Lipinski definition) is 2. The van der Waals surface area contributed by atoms with E-state index in [-0.39, 0.29) is 31.4 Å². The molecule has 222 valence electrons. The van der Waals surface area contributed by atoms with Crippen LogP contribution in [0.1, 0.15) is 50.4 Å². The first-order valence-electron chi connectivity index (χ1n) is 13.5. The number of aromatic amines is 1. The highest BCUT2D eigenvalue weighted by molar-refractivity contribution is 5.79. The molecule has 1 heterocycles. The Morgan fingerprint density at radius 1 is 0.952 bits per heavy atom. The standard InChI is InChI=1S/C30H34N4O8/c1-5-40-26(36)16-33(15-19-14-25(35)31-28(38)34(19)17-27(37)42-30(2,3)4)32-29(39)41-18-24-22-12-8-6-10-20(22)21-11-7-9-13-23(21)24/h6-14,24H,5,15-18H2,1-4H3,(H,32,39)(H,31,35,38). The van der Waals surface area contributed by atoms with Gasteiger partial charge in [0.15, 0.2) is 0 Å². The number of amides is 1. The van der Waals surface area contributed by atoms with Crippen molar-refractivity contribution < 1.29 is 28.6 Å². The molecule has 1 aliphatic carbocycles. The molecule has 2 aromatic carbocycles. The van der Waals surface area contributed by atoms with Gasteiger partial charge < -0.3 is 14.2 Å². The largest absolute Gasteiger partial charge is 0.465 e. The highest BCUT2D eigenvalue weighted by Crippen LogP contribution is 2.44. The lowest BCUT2D eigenvalue weighted by atomic mass is 9.98. The van der Waals surface area contributed by atoms with E-state index in [4.69, 9.17) is 14.2 Å². The second-order valence-corrected chi connectivity index (χ2v) is 10.7. The molecule has 42 heavy (non-hydrogen) atoms. The van der Waals surface area contributed by atoms with E-state index in [1.807, 2.05) is 48.5 Å². The van der Waals surface area contributed by atoms with Gasteiger partial charge in [-0.1, -0.05) is 48.5 Å². The van der Waals surface area contributed by atoms with E-state index in [0.29, 0.717) is 0 Å². The lowest BCUT2D eigenvalue weighted by Gasteiger charge is -2.24. The summed E-state index contributed by atoms with van der Waals surface area (Å²) < 4.78 is 16.9. The van der Waals surface area contributed by atoms with Crippen LogP contribution in [0.15, 0.2) is 64.2 Å². The number of carbonyl (C=O) groups is 3. The minimum atomic E-state index is -0.855. The number of rotatable bonds is 10. The van der Waals surface area contributed by atoms with Gasteiger partial charge in [0.25, 0.3) is 5.56 Å². The molecule has 0 spiro atoms. The Balaban J connectivity index is 1.52. The predicted molar refractivity (Wildman–Crippen MR) is 152 cm³/mol. The maximum atomic E-state index is 13.0. The van der Waals surface area contributed by atoms with E-state index < -0.39 is 48.0 Å². The highest BCUT2D eigenvalue weighted by Gasteiger charge is 2.29. The minimum Gasteiger partial charge on any atom is -0.465 e. The monoisotopic (exact) mass is 578 g/mol. The number of nitrogens with zero attached hydrogens (tertiary/aromatic N) is 2. The molecule has 12 nitrogen and oxygen atoms in total. The van der Waals surface area contributed by atoms with Crippen LogP contribution < -0.4 is 16.7 Å². The van der Waals surface area contributed by atoms with Crippen LogP contribution in [-0.2, 0) is 36.9 Å². The fourth-order valence-electron chi connectivity index (χ4n) is 4.83. The zero-order chi connectivity index (χ0) is 30.4. The van der Waals surface area contributed by atoms with Crippen LogP contribution in [-0.4, -0.2) is 58.0 Å². The molecule has 0 fully saturated rings. The molecular formula is C30H34N4O8. The topological polar surface area (TPSA) is 149 Å². The first-order chi connectivity index (χ1) is 19.9. The third-order valence-corrected chi connectivity index (χ3v) is 6.40. The maximum absolute atomic E-state index is 13.0. The van der Waals surface area contributed by atoms with Crippen molar-refractivity contribution in [3.05, 3.63) is 92.3 Å². The van der Waals surface area contributed by atoms with Gasteiger partial charge in [-0.25, -0.2) is 14.6 Å². The summed E-state index contributed by atoms with van der Waals surface area (Å²) in [6, 6.07) is 16.9. The van der Waals surface area contributed by atoms with Gasteiger partial charge in [-0.15, -0.1) is 0 Å². The molecule has 0 atom stereocenters. The Hall–Kier alpha value is -4.71. The molecule has 0 radical (unpaired) electrons. The van der Waals surface area contributed by atoms with Crippen LogP contribution in [0, 0.1) is 0 Å². The van der Waals surface area contributed by atoms with E-state index in [2.05, 4.69) is 10.4 Å². The van der Waals surface area contributed by atoms with Crippen molar-refractivity contribution in [1.82, 2.24) is 20.0 Å². The minimum absolute atomic E-state index is 0.0292.